The highest BCUT2D eigenvalue weighted by Gasteiger charge is 2.36. The van der Waals surface area contributed by atoms with Crippen molar-refractivity contribution in [2.45, 2.75) is 44.8 Å². The van der Waals surface area contributed by atoms with Crippen LogP contribution in [0.3, 0.4) is 0 Å². The molecule has 0 aromatic carbocycles. The number of ether oxygens (including phenoxy) is 1. The van der Waals surface area contributed by atoms with Crippen LogP contribution in [0.1, 0.15) is 43.9 Å². The zero-order valence-electron chi connectivity index (χ0n) is 12.5. The van der Waals surface area contributed by atoms with Gasteiger partial charge < -0.3 is 10.1 Å². The first-order valence-corrected chi connectivity index (χ1v) is 7.43. The molecule has 1 aliphatic heterocycles. The molecule has 1 saturated heterocycles. The number of rotatable bonds is 5. The van der Waals surface area contributed by atoms with Crippen molar-refractivity contribution in [2.75, 3.05) is 13.2 Å². The van der Waals surface area contributed by atoms with Crippen molar-refractivity contribution in [3.63, 3.8) is 0 Å². The maximum Gasteiger partial charge on any atom is 0.437 e. The van der Waals surface area contributed by atoms with E-state index in [0.29, 0.717) is 5.56 Å². The van der Waals surface area contributed by atoms with Gasteiger partial charge in [0.25, 0.3) is 0 Å². The molecule has 0 radical (unpaired) electrons. The Labute approximate surface area is 128 Å². The molecule has 2 rings (SSSR count). The molecule has 120 valence electrons. The predicted octanol–water partition coefficient (Wildman–Crippen LogP) is 3.38. The first-order valence-electron chi connectivity index (χ1n) is 7.43. The van der Waals surface area contributed by atoms with Gasteiger partial charge in [-0.3, -0.25) is 0 Å². The van der Waals surface area contributed by atoms with Crippen LogP contribution < -0.4 is 10.1 Å². The smallest absolute Gasteiger partial charge is 0.437 e. The van der Waals surface area contributed by atoms with E-state index in [9.17, 15) is 13.2 Å². The molecule has 1 atom stereocenters. The Morgan fingerprint density at radius 3 is 2.82 bits per heavy atom. The van der Waals surface area contributed by atoms with Gasteiger partial charge in [-0.1, -0.05) is 25.2 Å². The van der Waals surface area contributed by atoms with Gasteiger partial charge in [-0.05, 0) is 25.5 Å². The van der Waals surface area contributed by atoms with Crippen LogP contribution in [-0.2, 0) is 6.18 Å². The Morgan fingerprint density at radius 1 is 1.45 bits per heavy atom. The van der Waals surface area contributed by atoms with Gasteiger partial charge in [0, 0.05) is 24.2 Å². The van der Waals surface area contributed by atoms with Crippen molar-refractivity contribution < 1.29 is 17.9 Å². The largest absolute Gasteiger partial charge is 0.490 e. The van der Waals surface area contributed by atoms with E-state index in [2.05, 4.69) is 29.1 Å². The Bertz CT molecular complexity index is 557. The van der Waals surface area contributed by atoms with Gasteiger partial charge in [-0.15, -0.1) is 0 Å². The van der Waals surface area contributed by atoms with Crippen LogP contribution in [0.15, 0.2) is 12.3 Å². The van der Waals surface area contributed by atoms with E-state index in [1.165, 1.54) is 6.07 Å². The number of hydrogen-bond acceptors (Lipinski definition) is 3. The molecule has 1 aliphatic rings. The minimum Gasteiger partial charge on any atom is -0.490 e. The fourth-order valence-corrected chi connectivity index (χ4v) is 1.95. The quantitative estimate of drug-likeness (QED) is 0.668. The highest BCUT2D eigenvalue weighted by atomic mass is 19.4. The molecule has 1 unspecified atom stereocenters. The summed E-state index contributed by atoms with van der Waals surface area (Å²) in [5, 5.41) is 3.08. The number of halogens is 3. The molecule has 6 heteroatoms. The lowest BCUT2D eigenvalue weighted by molar-refractivity contribution is -0.142. The fraction of sp³-hybridized carbons (Fsp3) is 0.562. The average Bonchev–Trinajstić information content (AvgIpc) is 2.41. The van der Waals surface area contributed by atoms with Crippen molar-refractivity contribution in [1.82, 2.24) is 10.3 Å². The molecule has 1 N–H and O–H groups in total. The second kappa shape index (κ2) is 7.50. The van der Waals surface area contributed by atoms with Gasteiger partial charge >= 0.3 is 6.18 Å². The standard InChI is InChI=1S/C16H19F3N2O/c1-2-3-4-5-6-12-9-14(22-11-13-7-8-20-13)15(21-10-12)16(17,18)19/h9-10,13,20H,2-4,7-8,11H2,1H3. The van der Waals surface area contributed by atoms with Crippen LogP contribution in [0.5, 0.6) is 5.75 Å². The molecular weight excluding hydrogens is 293 g/mol. The van der Waals surface area contributed by atoms with E-state index in [-0.39, 0.29) is 18.4 Å². The number of hydrogen-bond donors (Lipinski definition) is 1. The maximum atomic E-state index is 13.0. The van der Waals surface area contributed by atoms with Crippen molar-refractivity contribution >= 4 is 0 Å². The van der Waals surface area contributed by atoms with E-state index in [1.807, 2.05) is 0 Å². The number of nitrogens with one attached hydrogen (secondary N) is 1. The lowest BCUT2D eigenvalue weighted by Crippen LogP contribution is -2.46. The van der Waals surface area contributed by atoms with Crippen molar-refractivity contribution in [3.8, 4) is 17.6 Å². The predicted molar refractivity (Wildman–Crippen MR) is 77.5 cm³/mol. The van der Waals surface area contributed by atoms with Gasteiger partial charge in [0.2, 0.25) is 0 Å². The lowest BCUT2D eigenvalue weighted by atomic mass is 10.1. The number of nitrogens with zero attached hydrogens (tertiary/aromatic N) is 1. The van der Waals surface area contributed by atoms with E-state index in [0.717, 1.165) is 38.4 Å². The summed E-state index contributed by atoms with van der Waals surface area (Å²) in [5.41, 5.74) is -0.549. The van der Waals surface area contributed by atoms with Crippen LogP contribution in [0.25, 0.3) is 0 Å². The summed E-state index contributed by atoms with van der Waals surface area (Å²) in [4.78, 5) is 3.50. The topological polar surface area (TPSA) is 34.1 Å². The highest BCUT2D eigenvalue weighted by Crippen LogP contribution is 2.35. The summed E-state index contributed by atoms with van der Waals surface area (Å²) in [7, 11) is 0. The number of unbranched alkanes of at least 4 members (excludes halogenated alkanes) is 2. The molecule has 3 nitrogen and oxygen atoms in total. The molecule has 1 fully saturated rings. The van der Waals surface area contributed by atoms with Crippen LogP contribution >= 0.6 is 0 Å². The van der Waals surface area contributed by atoms with Crippen molar-refractivity contribution in [3.05, 3.63) is 23.5 Å². The number of pyridine rings is 1. The fourth-order valence-electron chi connectivity index (χ4n) is 1.95. The summed E-state index contributed by atoms with van der Waals surface area (Å²) in [5.74, 6) is 5.53. The number of aromatic nitrogens is 1. The molecule has 1 aromatic heterocycles. The maximum absolute atomic E-state index is 13.0. The summed E-state index contributed by atoms with van der Waals surface area (Å²) in [6.07, 6.45) is 0.248. The van der Waals surface area contributed by atoms with Gasteiger partial charge in [0.05, 0.1) is 0 Å². The second-order valence-corrected chi connectivity index (χ2v) is 5.22. The summed E-state index contributed by atoms with van der Waals surface area (Å²) >= 11 is 0. The highest BCUT2D eigenvalue weighted by molar-refractivity contribution is 5.41. The molecule has 2 heterocycles. The van der Waals surface area contributed by atoms with Gasteiger partial charge in [0.15, 0.2) is 11.4 Å². The van der Waals surface area contributed by atoms with E-state index >= 15 is 0 Å². The minimum absolute atomic E-state index is 0.111. The molecule has 1 aromatic rings. The van der Waals surface area contributed by atoms with Crippen LogP contribution in [0.4, 0.5) is 13.2 Å². The van der Waals surface area contributed by atoms with Crippen LogP contribution in [-0.4, -0.2) is 24.2 Å². The Kier molecular flexibility index (Phi) is 5.67. The third-order valence-corrected chi connectivity index (χ3v) is 3.38. The SMILES string of the molecule is CCCCC#Cc1cnc(C(F)(F)F)c(OCC2CCN2)c1. The normalized spacial score (nSPS) is 17.4. The van der Waals surface area contributed by atoms with Gasteiger partial charge in [0.1, 0.15) is 6.61 Å². The molecule has 0 spiro atoms. The van der Waals surface area contributed by atoms with Crippen molar-refractivity contribution in [1.29, 1.82) is 0 Å². The molecule has 0 amide bonds. The van der Waals surface area contributed by atoms with E-state index in [4.69, 9.17) is 4.74 Å². The molecular formula is C16H19F3N2O. The first-order chi connectivity index (χ1) is 10.5. The number of alkyl halides is 3. The van der Waals surface area contributed by atoms with E-state index in [1.54, 1.807) is 0 Å². The summed E-state index contributed by atoms with van der Waals surface area (Å²) < 4.78 is 44.2. The Hall–Kier alpha value is -1.74. The minimum atomic E-state index is -4.53. The summed E-state index contributed by atoms with van der Waals surface area (Å²) in [6.45, 7) is 3.14. The van der Waals surface area contributed by atoms with Crippen LogP contribution in [0, 0.1) is 11.8 Å². The van der Waals surface area contributed by atoms with Gasteiger partial charge in [-0.2, -0.15) is 13.2 Å². The monoisotopic (exact) mass is 312 g/mol. The van der Waals surface area contributed by atoms with Crippen LogP contribution in [0.2, 0.25) is 0 Å². The van der Waals surface area contributed by atoms with Crippen molar-refractivity contribution in [2.24, 2.45) is 0 Å². The molecule has 0 aliphatic carbocycles. The zero-order valence-corrected chi connectivity index (χ0v) is 12.5. The lowest BCUT2D eigenvalue weighted by Gasteiger charge is -2.27. The third kappa shape index (κ3) is 4.63. The Balaban J connectivity index is 2.13. The zero-order chi connectivity index (χ0) is 16.0. The Morgan fingerprint density at radius 2 is 2.23 bits per heavy atom. The van der Waals surface area contributed by atoms with Gasteiger partial charge in [-0.25, -0.2) is 4.98 Å². The molecule has 0 saturated carbocycles. The first kappa shape index (κ1) is 16.6. The molecule has 22 heavy (non-hydrogen) atoms. The molecule has 0 bridgehead atoms. The summed E-state index contributed by atoms with van der Waals surface area (Å²) in [6, 6.07) is 1.44. The third-order valence-electron chi connectivity index (χ3n) is 3.38. The second-order valence-electron chi connectivity index (χ2n) is 5.22. The van der Waals surface area contributed by atoms with E-state index < -0.39 is 11.9 Å². The average molecular weight is 312 g/mol.